The largest absolute Gasteiger partial charge is 0.329 e. The summed E-state index contributed by atoms with van der Waals surface area (Å²) in [5.74, 6) is 0.527. The maximum atomic E-state index is 13.7. The van der Waals surface area contributed by atoms with Crippen molar-refractivity contribution in [1.82, 2.24) is 9.38 Å². The lowest BCUT2D eigenvalue weighted by atomic mass is 10.2. The van der Waals surface area contributed by atoms with Gasteiger partial charge in [-0.15, -0.1) is 11.8 Å². The molecule has 0 fully saturated rings. The molecule has 116 valence electrons. The Bertz CT molecular complexity index is 917. The molecule has 3 heterocycles. The predicted octanol–water partition coefficient (Wildman–Crippen LogP) is 4.94. The van der Waals surface area contributed by atoms with Crippen LogP contribution in [-0.4, -0.2) is 15.3 Å². The summed E-state index contributed by atoms with van der Waals surface area (Å²) in [5.41, 5.74) is 4.61. The molecule has 0 aliphatic carbocycles. The molecule has 0 amide bonds. The molecule has 6 heteroatoms. The number of aromatic nitrogens is 2. The maximum absolute atomic E-state index is 13.7. The molecule has 0 saturated heterocycles. The lowest BCUT2D eigenvalue weighted by molar-refractivity contribution is 0.619. The number of hydrogen-bond acceptors (Lipinski definition) is 3. The standard InChI is InChI=1S/C17H13ClFN3S/c1-11-17(21-8-13(19)4-7-16(21)20-11)15-9-23-10-22(15)14-5-2-12(18)3-6-14/h2-9H,10H2,1H3. The monoisotopic (exact) mass is 345 g/mol. The minimum absolute atomic E-state index is 0.277. The van der Waals surface area contributed by atoms with Crippen LogP contribution >= 0.6 is 23.4 Å². The highest BCUT2D eigenvalue weighted by Crippen LogP contribution is 2.37. The van der Waals surface area contributed by atoms with E-state index in [1.54, 1.807) is 17.8 Å². The van der Waals surface area contributed by atoms with Gasteiger partial charge in [-0.25, -0.2) is 9.37 Å². The first-order valence-electron chi connectivity index (χ1n) is 7.13. The molecule has 0 atom stereocenters. The molecule has 0 bridgehead atoms. The number of rotatable bonds is 2. The lowest BCUT2D eigenvalue weighted by Gasteiger charge is -2.22. The quantitative estimate of drug-likeness (QED) is 0.656. The van der Waals surface area contributed by atoms with Crippen molar-refractivity contribution in [2.45, 2.75) is 6.92 Å². The zero-order valence-electron chi connectivity index (χ0n) is 12.3. The van der Waals surface area contributed by atoms with Gasteiger partial charge in [-0.1, -0.05) is 11.6 Å². The second-order valence-corrected chi connectivity index (χ2v) is 6.59. The van der Waals surface area contributed by atoms with Crippen LogP contribution in [0.3, 0.4) is 0 Å². The average molecular weight is 346 g/mol. The summed E-state index contributed by atoms with van der Waals surface area (Å²) in [6.07, 6.45) is 1.48. The third kappa shape index (κ3) is 2.50. The fourth-order valence-electron chi connectivity index (χ4n) is 2.79. The van der Waals surface area contributed by atoms with Gasteiger partial charge in [-0.05, 0) is 48.7 Å². The predicted molar refractivity (Wildman–Crippen MR) is 94.3 cm³/mol. The van der Waals surface area contributed by atoms with Crippen LogP contribution in [0.2, 0.25) is 5.02 Å². The zero-order valence-corrected chi connectivity index (χ0v) is 13.9. The minimum Gasteiger partial charge on any atom is -0.329 e. The van der Waals surface area contributed by atoms with Crippen LogP contribution in [0.1, 0.15) is 11.4 Å². The summed E-state index contributed by atoms with van der Waals surface area (Å²) in [7, 11) is 0. The third-order valence-electron chi connectivity index (χ3n) is 3.83. The zero-order chi connectivity index (χ0) is 16.0. The highest BCUT2D eigenvalue weighted by molar-refractivity contribution is 8.02. The molecule has 4 rings (SSSR count). The van der Waals surface area contributed by atoms with Crippen LogP contribution < -0.4 is 4.90 Å². The summed E-state index contributed by atoms with van der Waals surface area (Å²) in [6, 6.07) is 10.8. The SMILES string of the molecule is Cc1nc2ccc(F)cn2c1C1=CSCN1c1ccc(Cl)cc1. The molecule has 3 nitrogen and oxygen atoms in total. The van der Waals surface area contributed by atoms with Crippen molar-refractivity contribution in [3.05, 3.63) is 70.2 Å². The lowest BCUT2D eigenvalue weighted by Crippen LogP contribution is -2.18. The number of pyridine rings is 1. The van der Waals surface area contributed by atoms with Crippen molar-refractivity contribution < 1.29 is 4.39 Å². The molecule has 3 aromatic rings. The van der Waals surface area contributed by atoms with Gasteiger partial charge in [0.2, 0.25) is 0 Å². The van der Waals surface area contributed by atoms with Crippen molar-refractivity contribution in [3.63, 3.8) is 0 Å². The van der Waals surface area contributed by atoms with Crippen LogP contribution in [0, 0.1) is 12.7 Å². The summed E-state index contributed by atoms with van der Waals surface area (Å²) < 4.78 is 15.5. The van der Waals surface area contributed by atoms with Gasteiger partial charge < -0.3 is 4.90 Å². The van der Waals surface area contributed by atoms with E-state index in [0.29, 0.717) is 5.02 Å². The number of imidazole rings is 1. The molecule has 0 spiro atoms. The van der Waals surface area contributed by atoms with Crippen LogP contribution in [0.25, 0.3) is 11.3 Å². The van der Waals surface area contributed by atoms with Crippen LogP contribution in [-0.2, 0) is 0 Å². The van der Waals surface area contributed by atoms with Gasteiger partial charge >= 0.3 is 0 Å². The first-order valence-corrected chi connectivity index (χ1v) is 8.55. The van der Waals surface area contributed by atoms with Crippen LogP contribution in [0.15, 0.2) is 48.0 Å². The number of halogens is 2. The fraction of sp³-hybridized carbons (Fsp3) is 0.118. The third-order valence-corrected chi connectivity index (χ3v) is 4.88. The molecule has 1 aliphatic rings. The van der Waals surface area contributed by atoms with Crippen LogP contribution in [0.4, 0.5) is 10.1 Å². The minimum atomic E-state index is -0.277. The van der Waals surface area contributed by atoms with E-state index in [1.165, 1.54) is 12.3 Å². The molecule has 0 saturated carbocycles. The smallest absolute Gasteiger partial charge is 0.139 e. The van der Waals surface area contributed by atoms with Gasteiger partial charge in [-0.2, -0.15) is 0 Å². The topological polar surface area (TPSA) is 20.5 Å². The molecular formula is C17H13ClFN3S. The molecule has 0 unspecified atom stereocenters. The maximum Gasteiger partial charge on any atom is 0.139 e. The summed E-state index contributed by atoms with van der Waals surface area (Å²) in [4.78, 5) is 6.72. The van der Waals surface area contributed by atoms with Gasteiger partial charge in [0.15, 0.2) is 0 Å². The molecule has 1 aromatic carbocycles. The second-order valence-electron chi connectivity index (χ2n) is 5.32. The summed E-state index contributed by atoms with van der Waals surface area (Å²) >= 11 is 7.69. The van der Waals surface area contributed by atoms with E-state index in [1.807, 2.05) is 35.6 Å². The van der Waals surface area contributed by atoms with E-state index in [0.717, 1.165) is 34.3 Å². The van der Waals surface area contributed by atoms with E-state index < -0.39 is 0 Å². The highest BCUT2D eigenvalue weighted by atomic mass is 35.5. The molecular weight excluding hydrogens is 333 g/mol. The molecule has 23 heavy (non-hydrogen) atoms. The first-order chi connectivity index (χ1) is 11.1. The number of hydrogen-bond donors (Lipinski definition) is 0. The van der Waals surface area contributed by atoms with E-state index in [2.05, 4.69) is 15.3 Å². The number of aryl methyl sites for hydroxylation is 1. The van der Waals surface area contributed by atoms with E-state index >= 15 is 0 Å². The molecule has 2 aromatic heterocycles. The summed E-state index contributed by atoms with van der Waals surface area (Å²) in [5, 5.41) is 2.80. The highest BCUT2D eigenvalue weighted by Gasteiger charge is 2.24. The number of benzene rings is 1. The first kappa shape index (κ1) is 14.6. The van der Waals surface area contributed by atoms with Crippen LogP contribution in [0.5, 0.6) is 0 Å². The van der Waals surface area contributed by atoms with E-state index in [4.69, 9.17) is 11.6 Å². The number of thioether (sulfide) groups is 1. The normalized spacial score (nSPS) is 14.6. The average Bonchev–Trinajstić information content (AvgIpc) is 3.11. The van der Waals surface area contributed by atoms with Gasteiger partial charge in [0, 0.05) is 16.9 Å². The number of fused-ring (bicyclic) bond motifs is 1. The van der Waals surface area contributed by atoms with Gasteiger partial charge in [0.25, 0.3) is 0 Å². The van der Waals surface area contributed by atoms with Crippen molar-refractivity contribution in [3.8, 4) is 0 Å². The Morgan fingerprint density at radius 1 is 1.17 bits per heavy atom. The van der Waals surface area contributed by atoms with Crippen molar-refractivity contribution in [2.24, 2.45) is 0 Å². The molecule has 0 N–H and O–H groups in total. The van der Waals surface area contributed by atoms with Gasteiger partial charge in [0.05, 0.1) is 23.0 Å². The number of nitrogens with zero attached hydrogens (tertiary/aromatic N) is 3. The van der Waals surface area contributed by atoms with E-state index in [9.17, 15) is 4.39 Å². The summed E-state index contributed by atoms with van der Waals surface area (Å²) in [6.45, 7) is 1.95. The number of anilines is 1. The second kappa shape index (κ2) is 5.58. The Morgan fingerprint density at radius 2 is 1.96 bits per heavy atom. The van der Waals surface area contributed by atoms with Crippen molar-refractivity contribution >= 4 is 40.4 Å². The van der Waals surface area contributed by atoms with Gasteiger partial charge in [0.1, 0.15) is 11.5 Å². The van der Waals surface area contributed by atoms with E-state index in [-0.39, 0.29) is 5.82 Å². The molecule has 0 radical (unpaired) electrons. The van der Waals surface area contributed by atoms with Gasteiger partial charge in [-0.3, -0.25) is 4.40 Å². The Morgan fingerprint density at radius 3 is 2.74 bits per heavy atom. The molecule has 1 aliphatic heterocycles. The van der Waals surface area contributed by atoms with Crippen molar-refractivity contribution in [1.29, 1.82) is 0 Å². The Kier molecular flexibility index (Phi) is 3.54. The Hall–Kier alpha value is -1.98. The Balaban J connectivity index is 1.84. The van der Waals surface area contributed by atoms with Crippen molar-refractivity contribution in [2.75, 3.05) is 10.8 Å². The fourth-order valence-corrected chi connectivity index (χ4v) is 3.82. The Labute approximate surface area is 142 Å².